The first-order chi connectivity index (χ1) is 8.63. The largest absolute Gasteiger partial charge is 0.377 e. The summed E-state index contributed by atoms with van der Waals surface area (Å²) in [6.07, 6.45) is 0. The number of hydrogen-bond donors (Lipinski definition) is 1. The van der Waals surface area contributed by atoms with Gasteiger partial charge in [-0.05, 0) is 18.2 Å². The maximum atomic E-state index is 13.6. The summed E-state index contributed by atoms with van der Waals surface area (Å²) >= 11 is 5.78. The normalized spacial score (nSPS) is 19.9. The SMILES string of the molecule is NCC1COCCN1C(=O)c1cc(Cl)ccc1F. The Morgan fingerprint density at radius 2 is 2.39 bits per heavy atom. The van der Waals surface area contributed by atoms with E-state index in [2.05, 4.69) is 0 Å². The zero-order valence-electron chi connectivity index (χ0n) is 9.73. The lowest BCUT2D eigenvalue weighted by molar-refractivity contribution is 0.000601. The van der Waals surface area contributed by atoms with Gasteiger partial charge in [0.25, 0.3) is 5.91 Å². The Labute approximate surface area is 109 Å². The van der Waals surface area contributed by atoms with Crippen LogP contribution in [0.2, 0.25) is 5.02 Å². The van der Waals surface area contributed by atoms with Crippen molar-refractivity contribution in [2.75, 3.05) is 26.3 Å². The first-order valence-electron chi connectivity index (χ1n) is 5.67. The predicted molar refractivity (Wildman–Crippen MR) is 66.1 cm³/mol. The van der Waals surface area contributed by atoms with Crippen molar-refractivity contribution in [3.63, 3.8) is 0 Å². The predicted octanol–water partition coefficient (Wildman–Crippen LogP) is 1.28. The number of amides is 1. The second-order valence-corrected chi connectivity index (χ2v) is 4.52. The lowest BCUT2D eigenvalue weighted by Crippen LogP contribution is -2.52. The molecule has 1 aliphatic rings. The average Bonchev–Trinajstić information content (AvgIpc) is 2.40. The molecule has 2 N–H and O–H groups in total. The Bertz CT molecular complexity index is 456. The number of ether oxygens (including phenoxy) is 1. The Balaban J connectivity index is 2.26. The third-order valence-electron chi connectivity index (χ3n) is 2.92. The molecule has 2 rings (SSSR count). The molecule has 0 bridgehead atoms. The maximum Gasteiger partial charge on any atom is 0.257 e. The minimum atomic E-state index is -0.577. The molecule has 0 saturated carbocycles. The molecule has 6 heteroatoms. The molecular weight excluding hydrogens is 259 g/mol. The molecule has 1 aromatic carbocycles. The van der Waals surface area contributed by atoms with Crippen LogP contribution in [0.5, 0.6) is 0 Å². The third-order valence-corrected chi connectivity index (χ3v) is 3.15. The summed E-state index contributed by atoms with van der Waals surface area (Å²) in [5.41, 5.74) is 5.56. The van der Waals surface area contributed by atoms with E-state index < -0.39 is 11.7 Å². The van der Waals surface area contributed by atoms with Gasteiger partial charge in [-0.1, -0.05) is 11.6 Å². The molecule has 1 aromatic rings. The number of nitrogens with zero attached hydrogens (tertiary/aromatic N) is 1. The number of halogens is 2. The van der Waals surface area contributed by atoms with Crippen molar-refractivity contribution >= 4 is 17.5 Å². The molecule has 1 unspecified atom stereocenters. The van der Waals surface area contributed by atoms with E-state index in [1.165, 1.54) is 23.1 Å². The molecule has 1 aliphatic heterocycles. The van der Waals surface area contributed by atoms with Crippen LogP contribution in [0.4, 0.5) is 4.39 Å². The fourth-order valence-electron chi connectivity index (χ4n) is 1.93. The molecule has 0 radical (unpaired) electrons. The number of carbonyl (C=O) groups excluding carboxylic acids is 1. The zero-order valence-corrected chi connectivity index (χ0v) is 10.5. The van der Waals surface area contributed by atoms with E-state index in [0.29, 0.717) is 24.8 Å². The van der Waals surface area contributed by atoms with Gasteiger partial charge < -0.3 is 15.4 Å². The standard InChI is InChI=1S/C12H14ClFN2O2/c13-8-1-2-11(14)10(5-8)12(17)16-3-4-18-7-9(16)6-15/h1-2,5,9H,3-4,6-7,15H2. The molecule has 18 heavy (non-hydrogen) atoms. The Morgan fingerprint density at radius 1 is 1.61 bits per heavy atom. The highest BCUT2D eigenvalue weighted by Crippen LogP contribution is 2.19. The Morgan fingerprint density at radius 3 is 3.11 bits per heavy atom. The quantitative estimate of drug-likeness (QED) is 0.882. The molecule has 1 heterocycles. The summed E-state index contributed by atoms with van der Waals surface area (Å²) in [6.45, 7) is 1.51. The van der Waals surface area contributed by atoms with E-state index in [9.17, 15) is 9.18 Å². The third kappa shape index (κ3) is 2.63. The number of carbonyl (C=O) groups is 1. The second-order valence-electron chi connectivity index (χ2n) is 4.09. The van der Waals surface area contributed by atoms with Gasteiger partial charge in [0.05, 0.1) is 24.8 Å². The van der Waals surface area contributed by atoms with Gasteiger partial charge in [0.15, 0.2) is 0 Å². The van der Waals surface area contributed by atoms with E-state index >= 15 is 0 Å². The second kappa shape index (κ2) is 5.65. The van der Waals surface area contributed by atoms with Crippen LogP contribution in [0.25, 0.3) is 0 Å². The van der Waals surface area contributed by atoms with E-state index in [-0.39, 0.29) is 18.2 Å². The van der Waals surface area contributed by atoms with Crippen molar-refractivity contribution in [3.8, 4) is 0 Å². The van der Waals surface area contributed by atoms with Crippen molar-refractivity contribution < 1.29 is 13.9 Å². The summed E-state index contributed by atoms with van der Waals surface area (Å²) in [5.74, 6) is -0.972. The highest BCUT2D eigenvalue weighted by atomic mass is 35.5. The van der Waals surface area contributed by atoms with Gasteiger partial charge in [-0.2, -0.15) is 0 Å². The lowest BCUT2D eigenvalue weighted by Gasteiger charge is -2.35. The molecule has 1 saturated heterocycles. The van der Waals surface area contributed by atoms with Crippen molar-refractivity contribution in [2.24, 2.45) is 5.73 Å². The molecule has 0 aliphatic carbocycles. The van der Waals surface area contributed by atoms with Gasteiger partial charge in [0, 0.05) is 18.1 Å². The number of benzene rings is 1. The van der Waals surface area contributed by atoms with Gasteiger partial charge >= 0.3 is 0 Å². The van der Waals surface area contributed by atoms with Gasteiger partial charge in [-0.3, -0.25) is 4.79 Å². The smallest absolute Gasteiger partial charge is 0.257 e. The molecule has 1 amide bonds. The van der Waals surface area contributed by atoms with Crippen LogP contribution in [-0.4, -0.2) is 43.2 Å². The summed E-state index contributed by atoms with van der Waals surface area (Å²) in [5, 5.41) is 0.331. The van der Waals surface area contributed by atoms with Crippen molar-refractivity contribution in [1.29, 1.82) is 0 Å². The number of nitrogens with two attached hydrogens (primary N) is 1. The van der Waals surface area contributed by atoms with Crippen LogP contribution >= 0.6 is 11.6 Å². The minimum Gasteiger partial charge on any atom is -0.377 e. The molecule has 98 valence electrons. The summed E-state index contributed by atoms with van der Waals surface area (Å²) in [4.78, 5) is 13.8. The van der Waals surface area contributed by atoms with E-state index in [1.54, 1.807) is 0 Å². The molecule has 0 aromatic heterocycles. The molecule has 4 nitrogen and oxygen atoms in total. The number of hydrogen-bond acceptors (Lipinski definition) is 3. The van der Waals surface area contributed by atoms with Gasteiger partial charge in [-0.25, -0.2) is 4.39 Å². The van der Waals surface area contributed by atoms with Crippen LogP contribution in [0.3, 0.4) is 0 Å². The molecule has 1 fully saturated rings. The first-order valence-corrected chi connectivity index (χ1v) is 6.05. The lowest BCUT2D eigenvalue weighted by atomic mass is 10.1. The van der Waals surface area contributed by atoms with Crippen LogP contribution in [-0.2, 0) is 4.74 Å². The van der Waals surface area contributed by atoms with Crippen LogP contribution in [0, 0.1) is 5.82 Å². The number of rotatable bonds is 2. The van der Waals surface area contributed by atoms with Crippen LogP contribution in [0.15, 0.2) is 18.2 Å². The molecule has 0 spiro atoms. The van der Waals surface area contributed by atoms with E-state index in [0.717, 1.165) is 0 Å². The first kappa shape index (κ1) is 13.3. The van der Waals surface area contributed by atoms with E-state index in [4.69, 9.17) is 22.1 Å². The van der Waals surface area contributed by atoms with Gasteiger partial charge in [0.1, 0.15) is 5.82 Å². The van der Waals surface area contributed by atoms with Crippen molar-refractivity contribution in [1.82, 2.24) is 4.90 Å². The van der Waals surface area contributed by atoms with Crippen LogP contribution < -0.4 is 5.73 Å². The highest BCUT2D eigenvalue weighted by molar-refractivity contribution is 6.31. The maximum absolute atomic E-state index is 13.6. The van der Waals surface area contributed by atoms with Crippen molar-refractivity contribution in [3.05, 3.63) is 34.6 Å². The summed E-state index contributed by atoms with van der Waals surface area (Å²) < 4.78 is 18.9. The van der Waals surface area contributed by atoms with Gasteiger partial charge in [-0.15, -0.1) is 0 Å². The fourth-order valence-corrected chi connectivity index (χ4v) is 2.11. The summed E-state index contributed by atoms with van der Waals surface area (Å²) in [6, 6.07) is 3.72. The van der Waals surface area contributed by atoms with Crippen LogP contribution in [0.1, 0.15) is 10.4 Å². The Kier molecular flexibility index (Phi) is 4.16. The topological polar surface area (TPSA) is 55.6 Å². The van der Waals surface area contributed by atoms with E-state index in [1.807, 2.05) is 0 Å². The Hall–Kier alpha value is -1.17. The molecular formula is C12H14ClFN2O2. The zero-order chi connectivity index (χ0) is 13.1. The average molecular weight is 273 g/mol. The van der Waals surface area contributed by atoms with Gasteiger partial charge in [0.2, 0.25) is 0 Å². The highest BCUT2D eigenvalue weighted by Gasteiger charge is 2.28. The van der Waals surface area contributed by atoms with Crippen molar-refractivity contribution in [2.45, 2.75) is 6.04 Å². The fraction of sp³-hybridized carbons (Fsp3) is 0.417. The monoisotopic (exact) mass is 272 g/mol. The minimum absolute atomic E-state index is 0.0251. The molecule has 1 atom stereocenters. The number of morpholine rings is 1. The summed E-state index contributed by atoms with van der Waals surface area (Å²) in [7, 11) is 0.